The van der Waals surface area contributed by atoms with E-state index in [9.17, 15) is 9.59 Å². The van der Waals surface area contributed by atoms with Gasteiger partial charge in [-0.25, -0.2) is 9.78 Å². The Morgan fingerprint density at radius 3 is 2.69 bits per heavy atom. The number of carbonyl (C=O) groups is 2. The van der Waals surface area contributed by atoms with Crippen LogP contribution in [0.25, 0.3) is 11.0 Å². The fourth-order valence-corrected chi connectivity index (χ4v) is 4.10. The van der Waals surface area contributed by atoms with Crippen molar-refractivity contribution in [3.05, 3.63) is 23.2 Å². The van der Waals surface area contributed by atoms with Crippen LogP contribution in [0.5, 0.6) is 0 Å². The van der Waals surface area contributed by atoms with Crippen LogP contribution in [-0.4, -0.2) is 52.3 Å². The summed E-state index contributed by atoms with van der Waals surface area (Å²) in [4.78, 5) is 32.6. The second-order valence-electron chi connectivity index (χ2n) is 8.46. The summed E-state index contributed by atoms with van der Waals surface area (Å²) in [7, 11) is 1.70. The van der Waals surface area contributed by atoms with Gasteiger partial charge < -0.3 is 19.4 Å². The van der Waals surface area contributed by atoms with Gasteiger partial charge in [-0.3, -0.25) is 4.79 Å². The summed E-state index contributed by atoms with van der Waals surface area (Å²) >= 11 is 6.04. The predicted octanol–water partition coefficient (Wildman–Crippen LogP) is 3.71. The maximum Gasteiger partial charge on any atom is 0.407 e. The minimum atomic E-state index is -0.597. The number of hydrogen-bond acceptors (Lipinski definition) is 6. The number of rotatable bonds is 5. The number of aldehydes is 1. The smallest absolute Gasteiger partial charge is 0.407 e. The van der Waals surface area contributed by atoms with Crippen LogP contribution in [0.1, 0.15) is 56.9 Å². The first kappa shape index (κ1) is 21.5. The molecule has 0 spiro atoms. The van der Waals surface area contributed by atoms with Crippen LogP contribution in [0.15, 0.2) is 12.3 Å². The summed E-state index contributed by atoms with van der Waals surface area (Å²) in [5.41, 5.74) is -0.103. The number of carbonyl (C=O) groups excluding carboxylic acids is 2. The van der Waals surface area contributed by atoms with E-state index in [1.54, 1.807) is 19.4 Å². The Labute approximate surface area is 174 Å². The number of methoxy groups -OCH3 is 1. The number of aromatic nitrogens is 3. The van der Waals surface area contributed by atoms with Crippen LogP contribution >= 0.6 is 11.6 Å². The normalized spacial score (nSPS) is 22.4. The Morgan fingerprint density at radius 2 is 2.10 bits per heavy atom. The molecule has 1 aliphatic rings. The Morgan fingerprint density at radius 1 is 1.41 bits per heavy atom. The van der Waals surface area contributed by atoms with Crippen molar-refractivity contribution < 1.29 is 19.1 Å². The lowest BCUT2D eigenvalue weighted by Crippen LogP contribution is -2.49. The van der Waals surface area contributed by atoms with Gasteiger partial charge in [-0.15, -0.1) is 0 Å². The van der Waals surface area contributed by atoms with E-state index in [-0.39, 0.29) is 11.4 Å². The second-order valence-corrected chi connectivity index (χ2v) is 8.79. The average molecular weight is 423 g/mol. The molecule has 29 heavy (non-hydrogen) atoms. The lowest BCUT2D eigenvalue weighted by atomic mass is 9.79. The van der Waals surface area contributed by atoms with Crippen LogP contribution in [0, 0.1) is 0 Å². The number of hydrogen-bond donors (Lipinski definition) is 1. The summed E-state index contributed by atoms with van der Waals surface area (Å²) < 4.78 is 12.8. The third-order valence-corrected chi connectivity index (χ3v) is 5.47. The third kappa shape index (κ3) is 4.70. The monoisotopic (exact) mass is 422 g/mol. The molecule has 158 valence electrons. The van der Waals surface area contributed by atoms with Crippen molar-refractivity contribution in [1.82, 2.24) is 19.9 Å². The second kappa shape index (κ2) is 8.28. The van der Waals surface area contributed by atoms with E-state index in [1.165, 1.54) is 0 Å². The average Bonchev–Trinajstić information content (AvgIpc) is 3.04. The first-order valence-electron chi connectivity index (χ1n) is 9.67. The largest absolute Gasteiger partial charge is 0.444 e. The lowest BCUT2D eigenvalue weighted by molar-refractivity contribution is 0.0256. The van der Waals surface area contributed by atoms with Crippen LogP contribution in [-0.2, 0) is 15.0 Å². The number of nitrogens with zero attached hydrogens (tertiary/aromatic N) is 3. The highest BCUT2D eigenvalue weighted by atomic mass is 35.5. The maximum atomic E-state index is 12.3. The van der Waals surface area contributed by atoms with Gasteiger partial charge in [0.05, 0.1) is 17.3 Å². The van der Waals surface area contributed by atoms with Crippen molar-refractivity contribution in [2.75, 3.05) is 13.7 Å². The standard InChI is InChI=1S/C20H27ClN4O4/c1-19(2,3)29-18(27)23-12-20(7-5-15(28-4)6-8-20)25-14(11-26)9-13-10-22-17(21)24-16(13)25/h9-11,15H,5-8,12H2,1-4H3,(H,23,27). The van der Waals surface area contributed by atoms with Gasteiger partial charge in [0, 0.05) is 25.2 Å². The van der Waals surface area contributed by atoms with Crippen LogP contribution < -0.4 is 5.32 Å². The van der Waals surface area contributed by atoms with Crippen LogP contribution in [0.4, 0.5) is 4.79 Å². The number of nitrogens with one attached hydrogen (secondary N) is 1. The number of amides is 1. The minimum Gasteiger partial charge on any atom is -0.444 e. The van der Waals surface area contributed by atoms with Crippen molar-refractivity contribution in [3.8, 4) is 0 Å². The fourth-order valence-electron chi connectivity index (χ4n) is 3.97. The first-order valence-corrected chi connectivity index (χ1v) is 10.0. The summed E-state index contributed by atoms with van der Waals surface area (Å²) in [5.74, 6) is 0. The van der Waals surface area contributed by atoms with E-state index in [1.807, 2.05) is 25.3 Å². The van der Waals surface area contributed by atoms with E-state index in [2.05, 4.69) is 15.3 Å². The highest BCUT2D eigenvalue weighted by Crippen LogP contribution is 2.39. The molecule has 2 heterocycles. The number of alkyl carbamates (subject to hydrolysis) is 1. The van der Waals surface area contributed by atoms with Crippen molar-refractivity contribution in [3.63, 3.8) is 0 Å². The molecule has 1 amide bonds. The molecule has 0 aromatic carbocycles. The van der Waals surface area contributed by atoms with Gasteiger partial charge >= 0.3 is 6.09 Å². The molecular formula is C20H27ClN4O4. The number of halogens is 1. The topological polar surface area (TPSA) is 95.3 Å². The molecule has 2 aromatic rings. The Balaban J connectivity index is 2.00. The molecular weight excluding hydrogens is 396 g/mol. The highest BCUT2D eigenvalue weighted by molar-refractivity contribution is 6.28. The number of fused-ring (bicyclic) bond motifs is 1. The molecule has 1 aliphatic carbocycles. The zero-order valence-corrected chi connectivity index (χ0v) is 18.0. The SMILES string of the molecule is COC1CCC(CNC(=O)OC(C)(C)C)(n2c(C=O)cc3cnc(Cl)nc32)CC1. The Bertz CT molecular complexity index is 898. The number of ether oxygens (including phenoxy) is 2. The molecule has 0 saturated heterocycles. The van der Waals surface area contributed by atoms with Gasteiger partial charge in [0.25, 0.3) is 0 Å². The fraction of sp³-hybridized carbons (Fsp3) is 0.600. The van der Waals surface area contributed by atoms with Crippen LogP contribution in [0.3, 0.4) is 0 Å². The highest BCUT2D eigenvalue weighted by Gasteiger charge is 2.40. The van der Waals surface area contributed by atoms with Gasteiger partial charge in [-0.05, 0) is 64.1 Å². The summed E-state index contributed by atoms with van der Waals surface area (Å²) in [6.45, 7) is 5.74. The van der Waals surface area contributed by atoms with Gasteiger partial charge in [0.2, 0.25) is 5.28 Å². The molecule has 0 atom stereocenters. The molecule has 1 saturated carbocycles. The Kier molecular flexibility index (Phi) is 6.14. The van der Waals surface area contributed by atoms with E-state index >= 15 is 0 Å². The van der Waals surface area contributed by atoms with Crippen LogP contribution in [0.2, 0.25) is 5.28 Å². The molecule has 8 nitrogen and oxygen atoms in total. The van der Waals surface area contributed by atoms with E-state index in [0.29, 0.717) is 30.7 Å². The van der Waals surface area contributed by atoms with E-state index in [4.69, 9.17) is 21.1 Å². The zero-order chi connectivity index (χ0) is 21.2. The third-order valence-electron chi connectivity index (χ3n) is 5.29. The van der Waals surface area contributed by atoms with Crippen molar-refractivity contribution >= 4 is 35.0 Å². The van der Waals surface area contributed by atoms with Gasteiger partial charge in [0.15, 0.2) is 6.29 Å². The van der Waals surface area contributed by atoms with E-state index < -0.39 is 17.2 Å². The molecule has 1 N–H and O–H groups in total. The van der Waals surface area contributed by atoms with Crippen molar-refractivity contribution in [1.29, 1.82) is 0 Å². The first-order chi connectivity index (χ1) is 13.7. The summed E-state index contributed by atoms with van der Waals surface area (Å²) in [6, 6.07) is 1.75. The molecule has 1 fully saturated rings. The maximum absolute atomic E-state index is 12.3. The van der Waals surface area contributed by atoms with Crippen molar-refractivity contribution in [2.45, 2.75) is 63.7 Å². The molecule has 0 bridgehead atoms. The molecule has 2 aromatic heterocycles. The molecule has 0 radical (unpaired) electrons. The lowest BCUT2D eigenvalue weighted by Gasteiger charge is -2.42. The Hall–Kier alpha value is -2.19. The molecule has 0 unspecified atom stereocenters. The molecule has 0 aliphatic heterocycles. The quantitative estimate of drug-likeness (QED) is 0.583. The van der Waals surface area contributed by atoms with Gasteiger partial charge in [-0.1, -0.05) is 0 Å². The van der Waals surface area contributed by atoms with Gasteiger partial charge in [0.1, 0.15) is 11.2 Å². The summed E-state index contributed by atoms with van der Waals surface area (Å²) in [6.07, 6.45) is 5.04. The minimum absolute atomic E-state index is 0.107. The predicted molar refractivity (Wildman–Crippen MR) is 109 cm³/mol. The van der Waals surface area contributed by atoms with Gasteiger partial charge in [-0.2, -0.15) is 4.98 Å². The molecule has 3 rings (SSSR count). The van der Waals surface area contributed by atoms with E-state index in [0.717, 1.165) is 24.5 Å². The summed E-state index contributed by atoms with van der Waals surface area (Å²) in [5, 5.41) is 3.72. The zero-order valence-electron chi connectivity index (χ0n) is 17.2. The molecule has 9 heteroatoms. The van der Waals surface area contributed by atoms with Crippen molar-refractivity contribution in [2.24, 2.45) is 0 Å².